The van der Waals surface area contributed by atoms with Crippen molar-refractivity contribution in [1.82, 2.24) is 0 Å². The Morgan fingerprint density at radius 1 is 1.53 bits per heavy atom. The second-order valence-electron chi connectivity index (χ2n) is 3.03. The number of nitrogens with two attached hydrogens (primary N) is 1. The average Bonchev–Trinajstić information content (AvgIpc) is 2.18. The number of hydrogen-bond acceptors (Lipinski definition) is 3. The van der Waals surface area contributed by atoms with Crippen molar-refractivity contribution in [3.05, 3.63) is 28.8 Å². The molecule has 5 heteroatoms. The van der Waals surface area contributed by atoms with Gasteiger partial charge in [-0.05, 0) is 18.2 Å². The minimum Gasteiger partial charge on any atom is -0.496 e. The summed E-state index contributed by atoms with van der Waals surface area (Å²) < 4.78 is 16.7. The maximum absolute atomic E-state index is 11.5. The van der Waals surface area contributed by atoms with Crippen LogP contribution in [0.2, 0.25) is 5.02 Å². The third-order valence-electron chi connectivity index (χ3n) is 1.90. The van der Waals surface area contributed by atoms with Crippen LogP contribution < -0.4 is 10.5 Å². The first-order valence-corrected chi connectivity index (χ1v) is 6.41. The van der Waals surface area contributed by atoms with Crippen molar-refractivity contribution in [1.29, 1.82) is 0 Å². The SMILES string of the molecule is COc1ccc(Cl)cc1CS(=O)CCN. The first-order chi connectivity index (χ1) is 7.17. The zero-order chi connectivity index (χ0) is 11.3. The lowest BCUT2D eigenvalue weighted by atomic mass is 10.2. The molecule has 0 aliphatic rings. The summed E-state index contributed by atoms with van der Waals surface area (Å²) in [6.07, 6.45) is 0. The fourth-order valence-corrected chi connectivity index (χ4v) is 2.41. The molecule has 3 nitrogen and oxygen atoms in total. The van der Waals surface area contributed by atoms with Crippen LogP contribution in [0.15, 0.2) is 18.2 Å². The quantitative estimate of drug-likeness (QED) is 0.859. The maximum atomic E-state index is 11.5. The molecule has 0 radical (unpaired) electrons. The molecule has 1 atom stereocenters. The van der Waals surface area contributed by atoms with E-state index in [0.29, 0.717) is 28.8 Å². The summed E-state index contributed by atoms with van der Waals surface area (Å²) in [5, 5.41) is 0.621. The standard InChI is InChI=1S/C10H14ClNO2S/c1-14-10-3-2-9(11)6-8(10)7-15(13)5-4-12/h2-3,6H,4-5,7,12H2,1H3. The van der Waals surface area contributed by atoms with Gasteiger partial charge in [0.1, 0.15) is 5.75 Å². The van der Waals surface area contributed by atoms with E-state index in [1.54, 1.807) is 25.3 Å². The van der Waals surface area contributed by atoms with Crippen LogP contribution in [0, 0.1) is 0 Å². The fraction of sp³-hybridized carbons (Fsp3) is 0.400. The van der Waals surface area contributed by atoms with Crippen molar-refractivity contribution >= 4 is 22.4 Å². The molecule has 2 N–H and O–H groups in total. The lowest BCUT2D eigenvalue weighted by Gasteiger charge is -2.08. The number of hydrogen-bond donors (Lipinski definition) is 1. The molecule has 0 aliphatic heterocycles. The van der Waals surface area contributed by atoms with Gasteiger partial charge < -0.3 is 10.5 Å². The zero-order valence-corrected chi connectivity index (χ0v) is 10.1. The number of rotatable bonds is 5. The summed E-state index contributed by atoms with van der Waals surface area (Å²) in [6.45, 7) is 0.426. The molecule has 0 fully saturated rings. The van der Waals surface area contributed by atoms with Crippen molar-refractivity contribution in [2.45, 2.75) is 5.75 Å². The molecule has 0 spiro atoms. The summed E-state index contributed by atoms with van der Waals surface area (Å²) in [5.41, 5.74) is 6.19. The highest BCUT2D eigenvalue weighted by molar-refractivity contribution is 7.84. The molecule has 0 aromatic heterocycles. The van der Waals surface area contributed by atoms with E-state index in [-0.39, 0.29) is 0 Å². The third kappa shape index (κ3) is 3.81. The highest BCUT2D eigenvalue weighted by Crippen LogP contribution is 2.23. The first-order valence-electron chi connectivity index (χ1n) is 4.55. The highest BCUT2D eigenvalue weighted by atomic mass is 35.5. The van der Waals surface area contributed by atoms with Crippen LogP contribution in [-0.4, -0.2) is 23.6 Å². The smallest absolute Gasteiger partial charge is 0.123 e. The lowest BCUT2D eigenvalue weighted by molar-refractivity contribution is 0.411. The number of methoxy groups -OCH3 is 1. The Hall–Kier alpha value is -0.580. The number of halogens is 1. The summed E-state index contributed by atoms with van der Waals surface area (Å²) >= 11 is 5.86. The number of ether oxygens (including phenoxy) is 1. The second-order valence-corrected chi connectivity index (χ2v) is 5.05. The molecule has 1 aromatic carbocycles. The lowest BCUT2D eigenvalue weighted by Crippen LogP contribution is -2.11. The van der Waals surface area contributed by atoms with Crippen LogP contribution >= 0.6 is 11.6 Å². The van der Waals surface area contributed by atoms with Crippen molar-refractivity contribution in [2.75, 3.05) is 19.4 Å². The Morgan fingerprint density at radius 3 is 2.87 bits per heavy atom. The van der Waals surface area contributed by atoms with E-state index in [1.165, 1.54) is 0 Å². The summed E-state index contributed by atoms with van der Waals surface area (Å²) in [6, 6.07) is 5.29. The predicted octanol–water partition coefficient (Wildman–Crippen LogP) is 1.56. The average molecular weight is 248 g/mol. The largest absolute Gasteiger partial charge is 0.496 e. The maximum Gasteiger partial charge on any atom is 0.123 e. The molecule has 84 valence electrons. The molecule has 15 heavy (non-hydrogen) atoms. The Morgan fingerprint density at radius 2 is 2.27 bits per heavy atom. The van der Waals surface area contributed by atoms with E-state index in [0.717, 1.165) is 5.56 Å². The summed E-state index contributed by atoms with van der Waals surface area (Å²) in [7, 11) is 0.627. The van der Waals surface area contributed by atoms with Gasteiger partial charge in [-0.2, -0.15) is 0 Å². The first kappa shape index (κ1) is 12.5. The van der Waals surface area contributed by atoms with Gasteiger partial charge in [-0.15, -0.1) is 0 Å². The van der Waals surface area contributed by atoms with E-state index in [1.807, 2.05) is 0 Å². The van der Waals surface area contributed by atoms with Crippen LogP contribution in [-0.2, 0) is 16.6 Å². The van der Waals surface area contributed by atoms with Crippen LogP contribution in [0.25, 0.3) is 0 Å². The Balaban J connectivity index is 2.82. The number of benzene rings is 1. The van der Waals surface area contributed by atoms with Gasteiger partial charge in [-0.25, -0.2) is 0 Å². The van der Waals surface area contributed by atoms with Crippen LogP contribution in [0.5, 0.6) is 5.75 Å². The molecule has 0 saturated heterocycles. The third-order valence-corrected chi connectivity index (χ3v) is 3.46. The van der Waals surface area contributed by atoms with Gasteiger partial charge in [0, 0.05) is 33.7 Å². The molecule has 0 amide bonds. The van der Waals surface area contributed by atoms with Gasteiger partial charge >= 0.3 is 0 Å². The minimum absolute atomic E-state index is 0.426. The van der Waals surface area contributed by atoms with Crippen molar-refractivity contribution in [3.8, 4) is 5.75 Å². The van der Waals surface area contributed by atoms with E-state index in [2.05, 4.69) is 0 Å². The molecule has 1 unspecified atom stereocenters. The van der Waals surface area contributed by atoms with Gasteiger partial charge in [0.25, 0.3) is 0 Å². The van der Waals surface area contributed by atoms with Gasteiger partial charge in [0.15, 0.2) is 0 Å². The highest BCUT2D eigenvalue weighted by Gasteiger charge is 2.07. The molecule has 1 rings (SSSR count). The molecule has 0 heterocycles. The Bertz CT molecular complexity index is 357. The van der Waals surface area contributed by atoms with Crippen molar-refractivity contribution in [3.63, 3.8) is 0 Å². The molecule has 0 bridgehead atoms. The molecule has 0 saturated carbocycles. The van der Waals surface area contributed by atoms with E-state index >= 15 is 0 Å². The second kappa shape index (κ2) is 6.10. The van der Waals surface area contributed by atoms with Crippen molar-refractivity contribution < 1.29 is 8.95 Å². The molecule has 0 aliphatic carbocycles. The topological polar surface area (TPSA) is 52.3 Å². The van der Waals surface area contributed by atoms with Crippen LogP contribution in [0.3, 0.4) is 0 Å². The molecular formula is C10H14ClNO2S. The monoisotopic (exact) mass is 247 g/mol. The molecule has 1 aromatic rings. The van der Waals surface area contributed by atoms with Gasteiger partial charge in [-0.3, -0.25) is 4.21 Å². The van der Waals surface area contributed by atoms with Gasteiger partial charge in [-0.1, -0.05) is 11.6 Å². The predicted molar refractivity (Wildman–Crippen MR) is 63.8 cm³/mol. The Kier molecular flexibility index (Phi) is 5.08. The molecular weight excluding hydrogens is 234 g/mol. The van der Waals surface area contributed by atoms with Crippen molar-refractivity contribution in [2.24, 2.45) is 5.73 Å². The summed E-state index contributed by atoms with van der Waals surface area (Å²) in [5.74, 6) is 1.64. The normalized spacial score (nSPS) is 12.5. The van der Waals surface area contributed by atoms with E-state index < -0.39 is 10.8 Å². The summed E-state index contributed by atoms with van der Waals surface area (Å²) in [4.78, 5) is 0. The Labute approximate surface area is 97.0 Å². The van der Waals surface area contributed by atoms with E-state index in [9.17, 15) is 4.21 Å². The van der Waals surface area contributed by atoms with Gasteiger partial charge in [0.2, 0.25) is 0 Å². The van der Waals surface area contributed by atoms with E-state index in [4.69, 9.17) is 22.1 Å². The minimum atomic E-state index is -0.955. The van der Waals surface area contributed by atoms with Crippen LogP contribution in [0.4, 0.5) is 0 Å². The zero-order valence-electron chi connectivity index (χ0n) is 8.53. The van der Waals surface area contributed by atoms with Gasteiger partial charge in [0.05, 0.1) is 12.9 Å². The fourth-order valence-electron chi connectivity index (χ4n) is 1.24. The van der Waals surface area contributed by atoms with Crippen LogP contribution in [0.1, 0.15) is 5.56 Å².